The van der Waals surface area contributed by atoms with E-state index in [0.717, 1.165) is 29.2 Å². The molecule has 0 unspecified atom stereocenters. The highest BCUT2D eigenvalue weighted by Crippen LogP contribution is 2.05. The first kappa shape index (κ1) is 14.1. The minimum absolute atomic E-state index is 0.0634. The van der Waals surface area contributed by atoms with E-state index in [2.05, 4.69) is 15.3 Å². The molecule has 0 saturated heterocycles. The fourth-order valence-corrected chi connectivity index (χ4v) is 1.89. The zero-order valence-electron chi connectivity index (χ0n) is 11.3. The Morgan fingerprint density at radius 1 is 1.15 bits per heavy atom. The van der Waals surface area contributed by atoms with Crippen molar-refractivity contribution in [1.29, 1.82) is 0 Å². The van der Waals surface area contributed by atoms with Crippen LogP contribution in [0.4, 0.5) is 0 Å². The average molecular weight is 271 g/mol. The Bertz CT molecular complexity index is 582. The standard InChI is InChI=1S/C15H17N3O2/c1-11-17-7-6-14(18-11)10-16-9-13-4-2-12(3-5-13)8-15(19)20/h2-7,16H,8-10H2,1H3,(H,19,20). The molecule has 5 heteroatoms. The summed E-state index contributed by atoms with van der Waals surface area (Å²) in [5.74, 6) is -0.0441. The van der Waals surface area contributed by atoms with E-state index in [-0.39, 0.29) is 6.42 Å². The van der Waals surface area contributed by atoms with Crippen LogP contribution in [-0.2, 0) is 24.3 Å². The summed E-state index contributed by atoms with van der Waals surface area (Å²) < 4.78 is 0. The highest BCUT2D eigenvalue weighted by molar-refractivity contribution is 5.70. The molecule has 2 rings (SSSR count). The van der Waals surface area contributed by atoms with E-state index < -0.39 is 5.97 Å². The number of rotatable bonds is 6. The van der Waals surface area contributed by atoms with Gasteiger partial charge in [0.15, 0.2) is 0 Å². The molecule has 0 radical (unpaired) electrons. The van der Waals surface area contributed by atoms with Gasteiger partial charge in [0.2, 0.25) is 0 Å². The lowest BCUT2D eigenvalue weighted by atomic mass is 10.1. The van der Waals surface area contributed by atoms with Crippen LogP contribution in [0.15, 0.2) is 36.5 Å². The smallest absolute Gasteiger partial charge is 0.307 e. The van der Waals surface area contributed by atoms with Crippen molar-refractivity contribution in [3.63, 3.8) is 0 Å². The van der Waals surface area contributed by atoms with Gasteiger partial charge in [-0.3, -0.25) is 4.79 Å². The number of benzene rings is 1. The van der Waals surface area contributed by atoms with E-state index in [0.29, 0.717) is 6.54 Å². The third kappa shape index (κ3) is 4.44. The lowest BCUT2D eigenvalue weighted by molar-refractivity contribution is -0.136. The number of aromatic nitrogens is 2. The van der Waals surface area contributed by atoms with E-state index in [9.17, 15) is 4.79 Å². The summed E-state index contributed by atoms with van der Waals surface area (Å²) in [5, 5.41) is 12.0. The predicted octanol–water partition coefficient (Wildman–Crippen LogP) is 1.70. The summed E-state index contributed by atoms with van der Waals surface area (Å²) in [4.78, 5) is 19.0. The molecule has 2 aromatic rings. The van der Waals surface area contributed by atoms with E-state index in [1.165, 1.54) is 0 Å². The molecular formula is C15H17N3O2. The van der Waals surface area contributed by atoms with Gasteiger partial charge in [0.1, 0.15) is 5.82 Å². The van der Waals surface area contributed by atoms with Gasteiger partial charge in [-0.1, -0.05) is 24.3 Å². The number of hydrogen-bond donors (Lipinski definition) is 2. The van der Waals surface area contributed by atoms with Crippen molar-refractivity contribution >= 4 is 5.97 Å². The van der Waals surface area contributed by atoms with Crippen molar-refractivity contribution in [3.8, 4) is 0 Å². The maximum absolute atomic E-state index is 10.6. The molecule has 20 heavy (non-hydrogen) atoms. The Morgan fingerprint density at radius 3 is 2.50 bits per heavy atom. The maximum atomic E-state index is 10.6. The molecule has 104 valence electrons. The van der Waals surface area contributed by atoms with Crippen molar-refractivity contribution in [2.75, 3.05) is 0 Å². The van der Waals surface area contributed by atoms with E-state index in [1.54, 1.807) is 6.20 Å². The van der Waals surface area contributed by atoms with Gasteiger partial charge in [0.05, 0.1) is 12.1 Å². The topological polar surface area (TPSA) is 75.1 Å². The van der Waals surface area contributed by atoms with Gasteiger partial charge >= 0.3 is 5.97 Å². The number of hydrogen-bond acceptors (Lipinski definition) is 4. The number of aliphatic carboxylic acids is 1. The van der Waals surface area contributed by atoms with Crippen LogP contribution in [0, 0.1) is 6.92 Å². The van der Waals surface area contributed by atoms with E-state index in [4.69, 9.17) is 5.11 Å². The second kappa shape index (κ2) is 6.77. The number of carboxylic acid groups (broad SMARTS) is 1. The molecule has 0 spiro atoms. The van der Waals surface area contributed by atoms with Crippen LogP contribution < -0.4 is 5.32 Å². The van der Waals surface area contributed by atoms with E-state index in [1.807, 2.05) is 37.3 Å². The molecule has 0 saturated carbocycles. The number of aryl methyl sites for hydroxylation is 1. The zero-order valence-corrected chi connectivity index (χ0v) is 11.3. The molecule has 0 amide bonds. The van der Waals surface area contributed by atoms with Gasteiger partial charge in [-0.05, 0) is 24.1 Å². The first-order valence-corrected chi connectivity index (χ1v) is 6.42. The summed E-state index contributed by atoms with van der Waals surface area (Å²) in [6.07, 6.45) is 1.81. The van der Waals surface area contributed by atoms with Crippen molar-refractivity contribution in [2.24, 2.45) is 0 Å². The van der Waals surface area contributed by atoms with Gasteiger partial charge in [0.25, 0.3) is 0 Å². The molecule has 0 aliphatic heterocycles. The van der Waals surface area contributed by atoms with Crippen molar-refractivity contribution in [3.05, 3.63) is 59.2 Å². The normalized spacial score (nSPS) is 10.4. The number of nitrogens with zero attached hydrogens (tertiary/aromatic N) is 2. The molecule has 0 fully saturated rings. The van der Waals surface area contributed by atoms with Crippen LogP contribution in [0.25, 0.3) is 0 Å². The third-order valence-corrected chi connectivity index (χ3v) is 2.85. The van der Waals surface area contributed by atoms with Crippen LogP contribution in [0.5, 0.6) is 0 Å². The average Bonchev–Trinajstić information content (AvgIpc) is 2.40. The van der Waals surface area contributed by atoms with Gasteiger partial charge in [-0.15, -0.1) is 0 Å². The van der Waals surface area contributed by atoms with Crippen LogP contribution in [0.1, 0.15) is 22.6 Å². The monoisotopic (exact) mass is 271 g/mol. The van der Waals surface area contributed by atoms with E-state index >= 15 is 0 Å². The van der Waals surface area contributed by atoms with Crippen LogP contribution in [0.3, 0.4) is 0 Å². The molecule has 0 aliphatic carbocycles. The Balaban J connectivity index is 1.83. The Labute approximate surface area is 117 Å². The zero-order chi connectivity index (χ0) is 14.4. The van der Waals surface area contributed by atoms with Crippen LogP contribution >= 0.6 is 0 Å². The minimum Gasteiger partial charge on any atom is -0.481 e. The summed E-state index contributed by atoms with van der Waals surface area (Å²) in [6.45, 7) is 3.27. The van der Waals surface area contributed by atoms with Crippen LogP contribution in [0.2, 0.25) is 0 Å². The molecule has 1 heterocycles. The lowest BCUT2D eigenvalue weighted by Crippen LogP contribution is -2.14. The first-order valence-electron chi connectivity index (χ1n) is 6.42. The summed E-state index contributed by atoms with van der Waals surface area (Å²) in [6, 6.07) is 9.46. The number of carbonyl (C=O) groups is 1. The quantitative estimate of drug-likeness (QED) is 0.836. The maximum Gasteiger partial charge on any atom is 0.307 e. The van der Waals surface area contributed by atoms with Crippen molar-refractivity contribution < 1.29 is 9.90 Å². The summed E-state index contributed by atoms with van der Waals surface area (Å²) >= 11 is 0. The Morgan fingerprint density at radius 2 is 1.85 bits per heavy atom. The highest BCUT2D eigenvalue weighted by atomic mass is 16.4. The summed E-state index contributed by atoms with van der Waals surface area (Å²) in [5.41, 5.74) is 2.89. The third-order valence-electron chi connectivity index (χ3n) is 2.85. The summed E-state index contributed by atoms with van der Waals surface area (Å²) in [7, 11) is 0. The molecule has 2 N–H and O–H groups in total. The van der Waals surface area contributed by atoms with Crippen molar-refractivity contribution in [2.45, 2.75) is 26.4 Å². The van der Waals surface area contributed by atoms with Gasteiger partial charge in [-0.25, -0.2) is 9.97 Å². The predicted molar refractivity (Wildman–Crippen MR) is 75.1 cm³/mol. The Kier molecular flexibility index (Phi) is 4.79. The fourth-order valence-electron chi connectivity index (χ4n) is 1.89. The largest absolute Gasteiger partial charge is 0.481 e. The lowest BCUT2D eigenvalue weighted by Gasteiger charge is -2.06. The molecule has 0 atom stereocenters. The highest BCUT2D eigenvalue weighted by Gasteiger charge is 2.00. The first-order chi connectivity index (χ1) is 9.63. The fraction of sp³-hybridized carbons (Fsp3) is 0.267. The molecule has 1 aromatic carbocycles. The Hall–Kier alpha value is -2.27. The van der Waals surface area contributed by atoms with Crippen molar-refractivity contribution in [1.82, 2.24) is 15.3 Å². The van der Waals surface area contributed by atoms with Crippen LogP contribution in [-0.4, -0.2) is 21.0 Å². The second-order valence-electron chi connectivity index (χ2n) is 4.59. The second-order valence-corrected chi connectivity index (χ2v) is 4.59. The van der Waals surface area contributed by atoms with Gasteiger partial charge < -0.3 is 10.4 Å². The molecule has 0 bridgehead atoms. The van der Waals surface area contributed by atoms with Gasteiger partial charge in [0, 0.05) is 19.3 Å². The molecule has 1 aromatic heterocycles. The molecule has 0 aliphatic rings. The number of carboxylic acids is 1. The molecule has 5 nitrogen and oxygen atoms in total. The molecular weight excluding hydrogens is 254 g/mol. The van der Waals surface area contributed by atoms with Gasteiger partial charge in [-0.2, -0.15) is 0 Å². The SMILES string of the molecule is Cc1nccc(CNCc2ccc(CC(=O)O)cc2)n1. The number of nitrogens with one attached hydrogen (secondary N) is 1. The minimum atomic E-state index is -0.810.